The zero-order chi connectivity index (χ0) is 12.9. The quantitative estimate of drug-likeness (QED) is 0.806. The number of hydrogen-bond acceptors (Lipinski definition) is 1. The van der Waals surface area contributed by atoms with Gasteiger partial charge in [-0.2, -0.15) is 0 Å². The molecule has 0 fully saturated rings. The Labute approximate surface area is 107 Å². The number of benzene rings is 1. The predicted molar refractivity (Wildman–Crippen MR) is 76.6 cm³/mol. The molecule has 0 aliphatic carbocycles. The van der Waals surface area contributed by atoms with Crippen molar-refractivity contribution in [2.45, 2.75) is 58.9 Å². The lowest BCUT2D eigenvalue weighted by Gasteiger charge is -2.25. The Morgan fingerprint density at radius 3 is 2.06 bits per heavy atom. The molecule has 17 heavy (non-hydrogen) atoms. The highest BCUT2D eigenvalue weighted by Gasteiger charge is 2.14. The van der Waals surface area contributed by atoms with Crippen LogP contribution in [0.3, 0.4) is 0 Å². The van der Waals surface area contributed by atoms with Gasteiger partial charge in [-0.25, -0.2) is 0 Å². The Bertz CT molecular complexity index is 318. The van der Waals surface area contributed by atoms with Crippen LogP contribution in [0.5, 0.6) is 0 Å². The molecule has 0 saturated carbocycles. The first kappa shape index (κ1) is 14.2. The van der Waals surface area contributed by atoms with Gasteiger partial charge in [-0.15, -0.1) is 0 Å². The molecule has 0 heterocycles. The molecule has 1 unspecified atom stereocenters. The van der Waals surface area contributed by atoms with Gasteiger partial charge < -0.3 is 5.32 Å². The van der Waals surface area contributed by atoms with E-state index in [1.54, 1.807) is 0 Å². The van der Waals surface area contributed by atoms with Gasteiger partial charge in [-0.05, 0) is 50.7 Å². The van der Waals surface area contributed by atoms with E-state index in [0.29, 0.717) is 5.92 Å². The maximum Gasteiger partial charge on any atom is 0.00967 e. The van der Waals surface area contributed by atoms with Crippen molar-refractivity contribution in [1.82, 2.24) is 5.32 Å². The second kappa shape index (κ2) is 6.20. The van der Waals surface area contributed by atoms with E-state index in [4.69, 9.17) is 0 Å². The maximum absolute atomic E-state index is 3.60. The lowest BCUT2D eigenvalue weighted by atomic mass is 9.94. The van der Waals surface area contributed by atoms with Gasteiger partial charge in [0.05, 0.1) is 0 Å². The van der Waals surface area contributed by atoms with Crippen LogP contribution in [0.15, 0.2) is 24.3 Å². The van der Waals surface area contributed by atoms with Crippen LogP contribution in [-0.2, 0) is 6.42 Å². The summed E-state index contributed by atoms with van der Waals surface area (Å²) in [4.78, 5) is 0. The molecule has 0 bridgehead atoms. The minimum Gasteiger partial charge on any atom is -0.311 e. The molecular formula is C16H27N. The number of aryl methyl sites for hydroxylation is 1. The highest BCUT2D eigenvalue weighted by Crippen LogP contribution is 2.20. The molecule has 1 rings (SSSR count). The first-order chi connectivity index (χ1) is 7.96. The SMILES string of the molecule is CCc1ccc(C(CC)CNC(C)(C)C)cc1. The molecular weight excluding hydrogens is 206 g/mol. The van der Waals surface area contributed by atoms with Gasteiger partial charge in [0.25, 0.3) is 0 Å². The van der Waals surface area contributed by atoms with Crippen molar-refractivity contribution < 1.29 is 0 Å². The van der Waals surface area contributed by atoms with Gasteiger partial charge in [0.1, 0.15) is 0 Å². The summed E-state index contributed by atoms with van der Waals surface area (Å²) in [6, 6.07) is 9.10. The Morgan fingerprint density at radius 1 is 1.06 bits per heavy atom. The molecule has 0 amide bonds. The average molecular weight is 233 g/mol. The average Bonchev–Trinajstić information content (AvgIpc) is 2.29. The van der Waals surface area contributed by atoms with Crippen LogP contribution in [0.4, 0.5) is 0 Å². The summed E-state index contributed by atoms with van der Waals surface area (Å²) in [5, 5.41) is 3.60. The van der Waals surface area contributed by atoms with Crippen molar-refractivity contribution in [3.8, 4) is 0 Å². The molecule has 1 aromatic carbocycles. The summed E-state index contributed by atoms with van der Waals surface area (Å²) in [5.74, 6) is 0.625. The Hall–Kier alpha value is -0.820. The van der Waals surface area contributed by atoms with Crippen molar-refractivity contribution in [2.24, 2.45) is 0 Å². The smallest absolute Gasteiger partial charge is 0.00967 e. The van der Waals surface area contributed by atoms with Gasteiger partial charge in [-0.3, -0.25) is 0 Å². The number of nitrogens with one attached hydrogen (secondary N) is 1. The summed E-state index contributed by atoms with van der Waals surface area (Å²) >= 11 is 0. The van der Waals surface area contributed by atoms with Crippen LogP contribution < -0.4 is 5.32 Å². The van der Waals surface area contributed by atoms with Gasteiger partial charge in [0.15, 0.2) is 0 Å². The molecule has 1 atom stereocenters. The standard InChI is InChI=1S/C16H27N/c1-6-13-8-10-15(11-9-13)14(7-2)12-17-16(3,4)5/h8-11,14,17H,6-7,12H2,1-5H3. The van der Waals surface area contributed by atoms with Crippen molar-refractivity contribution >= 4 is 0 Å². The highest BCUT2D eigenvalue weighted by atomic mass is 14.9. The number of rotatable bonds is 5. The molecule has 96 valence electrons. The first-order valence-corrected chi connectivity index (χ1v) is 6.80. The Balaban J connectivity index is 2.66. The van der Waals surface area contributed by atoms with E-state index in [1.165, 1.54) is 17.5 Å². The monoisotopic (exact) mass is 233 g/mol. The van der Waals surface area contributed by atoms with Crippen molar-refractivity contribution in [1.29, 1.82) is 0 Å². The summed E-state index contributed by atoms with van der Waals surface area (Å²) < 4.78 is 0. The Morgan fingerprint density at radius 2 is 1.65 bits per heavy atom. The molecule has 0 saturated heterocycles. The highest BCUT2D eigenvalue weighted by molar-refractivity contribution is 5.25. The van der Waals surface area contributed by atoms with E-state index in [-0.39, 0.29) is 5.54 Å². The van der Waals surface area contributed by atoms with Crippen LogP contribution in [0.25, 0.3) is 0 Å². The topological polar surface area (TPSA) is 12.0 Å². The van der Waals surface area contributed by atoms with Crippen LogP contribution in [0, 0.1) is 0 Å². The van der Waals surface area contributed by atoms with Crippen molar-refractivity contribution in [3.05, 3.63) is 35.4 Å². The van der Waals surface area contributed by atoms with Crippen molar-refractivity contribution in [2.75, 3.05) is 6.54 Å². The third-order valence-electron chi connectivity index (χ3n) is 3.23. The zero-order valence-corrected chi connectivity index (χ0v) is 12.0. The van der Waals surface area contributed by atoms with E-state index in [2.05, 4.69) is 64.2 Å². The van der Waals surface area contributed by atoms with Gasteiger partial charge >= 0.3 is 0 Å². The van der Waals surface area contributed by atoms with E-state index in [1.807, 2.05) is 0 Å². The summed E-state index contributed by atoms with van der Waals surface area (Å²) in [5.41, 5.74) is 3.09. The van der Waals surface area contributed by atoms with E-state index < -0.39 is 0 Å². The third-order valence-corrected chi connectivity index (χ3v) is 3.23. The molecule has 0 aliphatic rings. The molecule has 0 aromatic heterocycles. The minimum absolute atomic E-state index is 0.205. The molecule has 1 N–H and O–H groups in total. The van der Waals surface area contributed by atoms with Crippen molar-refractivity contribution in [3.63, 3.8) is 0 Å². The van der Waals surface area contributed by atoms with E-state index in [0.717, 1.165) is 13.0 Å². The molecule has 0 radical (unpaired) electrons. The van der Waals surface area contributed by atoms with Crippen LogP contribution in [-0.4, -0.2) is 12.1 Å². The Kier molecular flexibility index (Phi) is 5.20. The minimum atomic E-state index is 0.205. The normalized spacial score (nSPS) is 13.7. The lowest BCUT2D eigenvalue weighted by Crippen LogP contribution is -2.38. The first-order valence-electron chi connectivity index (χ1n) is 6.80. The fraction of sp³-hybridized carbons (Fsp3) is 0.625. The fourth-order valence-corrected chi connectivity index (χ4v) is 1.95. The third kappa shape index (κ3) is 4.91. The van der Waals surface area contributed by atoms with Crippen LogP contribution in [0.2, 0.25) is 0 Å². The number of hydrogen-bond donors (Lipinski definition) is 1. The molecule has 1 aromatic rings. The van der Waals surface area contributed by atoms with Gasteiger partial charge in [-0.1, -0.05) is 38.1 Å². The second-order valence-corrected chi connectivity index (χ2v) is 5.83. The van der Waals surface area contributed by atoms with E-state index >= 15 is 0 Å². The fourth-order valence-electron chi connectivity index (χ4n) is 1.95. The maximum atomic E-state index is 3.60. The largest absolute Gasteiger partial charge is 0.311 e. The van der Waals surface area contributed by atoms with Crippen LogP contribution >= 0.6 is 0 Å². The van der Waals surface area contributed by atoms with E-state index in [9.17, 15) is 0 Å². The second-order valence-electron chi connectivity index (χ2n) is 5.83. The van der Waals surface area contributed by atoms with Gasteiger partial charge in [0.2, 0.25) is 0 Å². The molecule has 0 aliphatic heterocycles. The molecule has 1 nitrogen and oxygen atoms in total. The predicted octanol–water partition coefficient (Wildman–Crippen LogP) is 4.13. The van der Waals surface area contributed by atoms with Crippen LogP contribution in [0.1, 0.15) is 58.1 Å². The summed E-state index contributed by atoms with van der Waals surface area (Å²) in [6.45, 7) is 12.2. The summed E-state index contributed by atoms with van der Waals surface area (Å²) in [7, 11) is 0. The summed E-state index contributed by atoms with van der Waals surface area (Å²) in [6.07, 6.45) is 2.31. The lowest BCUT2D eigenvalue weighted by molar-refractivity contribution is 0.403. The molecule has 0 spiro atoms. The van der Waals surface area contributed by atoms with Gasteiger partial charge in [0, 0.05) is 12.1 Å². The zero-order valence-electron chi connectivity index (χ0n) is 12.0. The molecule has 1 heteroatoms.